The molecule has 0 aliphatic heterocycles. The Hall–Kier alpha value is -1.35. The first-order chi connectivity index (χ1) is 7.92. The lowest BCUT2D eigenvalue weighted by Crippen LogP contribution is -2.40. The molecule has 0 aliphatic carbocycles. The van der Waals surface area contributed by atoms with Crippen molar-refractivity contribution in [3.05, 3.63) is 11.7 Å². The standard InChI is InChI=1S/C8H6F8O2/c1-2-18-6(17)3(5(9)10)4(7(11,12)13)8(14,15)16/h4H,2H2,1H3. The van der Waals surface area contributed by atoms with E-state index in [9.17, 15) is 39.9 Å². The molecular weight excluding hydrogens is 280 g/mol. The SMILES string of the molecule is CCOC(=O)C(=C(F)F)C(C(F)(F)F)C(F)(F)F. The van der Waals surface area contributed by atoms with Crippen molar-refractivity contribution in [3.8, 4) is 0 Å². The molecule has 0 rings (SSSR count). The fourth-order valence-corrected chi connectivity index (χ4v) is 1.03. The van der Waals surface area contributed by atoms with Gasteiger partial charge in [-0.25, -0.2) is 4.79 Å². The van der Waals surface area contributed by atoms with Crippen LogP contribution < -0.4 is 0 Å². The summed E-state index contributed by atoms with van der Waals surface area (Å²) in [6.07, 6.45) is -15.5. The number of esters is 1. The maximum absolute atomic E-state index is 12.2. The highest BCUT2D eigenvalue weighted by Crippen LogP contribution is 2.45. The highest BCUT2D eigenvalue weighted by atomic mass is 19.4. The van der Waals surface area contributed by atoms with E-state index in [1.807, 2.05) is 0 Å². The predicted octanol–water partition coefficient (Wildman–Crippen LogP) is 3.44. The van der Waals surface area contributed by atoms with Gasteiger partial charge in [0.1, 0.15) is 5.57 Å². The van der Waals surface area contributed by atoms with Gasteiger partial charge in [-0.05, 0) is 6.92 Å². The molecule has 0 heterocycles. The zero-order valence-electron chi connectivity index (χ0n) is 8.62. The van der Waals surface area contributed by atoms with Crippen LogP contribution in [0.5, 0.6) is 0 Å². The fraction of sp³-hybridized carbons (Fsp3) is 0.625. The molecule has 0 saturated heterocycles. The molecule has 0 unspecified atom stereocenters. The Morgan fingerprint density at radius 1 is 1.06 bits per heavy atom. The average molecular weight is 286 g/mol. The highest BCUT2D eigenvalue weighted by Gasteiger charge is 2.61. The highest BCUT2D eigenvalue weighted by molar-refractivity contribution is 5.89. The number of ether oxygens (including phenoxy) is 1. The van der Waals surface area contributed by atoms with Crippen LogP contribution in [0.3, 0.4) is 0 Å². The van der Waals surface area contributed by atoms with Gasteiger partial charge in [-0.3, -0.25) is 0 Å². The molecule has 0 saturated carbocycles. The summed E-state index contributed by atoms with van der Waals surface area (Å²) in [7, 11) is 0. The normalized spacial score (nSPS) is 12.6. The van der Waals surface area contributed by atoms with E-state index in [4.69, 9.17) is 0 Å². The van der Waals surface area contributed by atoms with Crippen molar-refractivity contribution in [2.24, 2.45) is 5.92 Å². The third-order valence-corrected chi connectivity index (χ3v) is 1.64. The summed E-state index contributed by atoms with van der Waals surface area (Å²) in [6, 6.07) is 0. The van der Waals surface area contributed by atoms with E-state index in [0.717, 1.165) is 6.92 Å². The van der Waals surface area contributed by atoms with Gasteiger partial charge >= 0.3 is 18.3 Å². The van der Waals surface area contributed by atoms with Gasteiger partial charge in [-0.1, -0.05) is 0 Å². The van der Waals surface area contributed by atoms with Gasteiger partial charge in [0.25, 0.3) is 6.08 Å². The Morgan fingerprint density at radius 2 is 1.44 bits per heavy atom. The third kappa shape index (κ3) is 4.15. The Bertz CT molecular complexity index is 322. The first-order valence-electron chi connectivity index (χ1n) is 4.28. The van der Waals surface area contributed by atoms with E-state index in [-0.39, 0.29) is 0 Å². The number of carbonyl (C=O) groups is 1. The second-order valence-electron chi connectivity index (χ2n) is 2.91. The van der Waals surface area contributed by atoms with Gasteiger partial charge in [0.15, 0.2) is 5.92 Å². The molecule has 0 aromatic rings. The van der Waals surface area contributed by atoms with Crippen molar-refractivity contribution >= 4 is 5.97 Å². The molecule has 0 radical (unpaired) electrons. The van der Waals surface area contributed by atoms with Crippen LogP contribution in [0.2, 0.25) is 0 Å². The van der Waals surface area contributed by atoms with E-state index in [1.165, 1.54) is 0 Å². The number of rotatable bonds is 3. The predicted molar refractivity (Wildman–Crippen MR) is 41.5 cm³/mol. The summed E-state index contributed by atoms with van der Waals surface area (Å²) >= 11 is 0. The van der Waals surface area contributed by atoms with Crippen LogP contribution in [-0.2, 0) is 9.53 Å². The summed E-state index contributed by atoms with van der Waals surface area (Å²) < 4.78 is 101. The molecule has 106 valence electrons. The zero-order chi connectivity index (χ0) is 14.7. The lowest BCUT2D eigenvalue weighted by Gasteiger charge is -2.23. The molecule has 0 aliphatic rings. The van der Waals surface area contributed by atoms with Crippen molar-refractivity contribution in [3.63, 3.8) is 0 Å². The van der Waals surface area contributed by atoms with Gasteiger partial charge < -0.3 is 4.74 Å². The molecule has 0 aromatic carbocycles. The van der Waals surface area contributed by atoms with Crippen molar-refractivity contribution < 1.29 is 44.7 Å². The maximum atomic E-state index is 12.2. The minimum Gasteiger partial charge on any atom is -0.462 e. The summed E-state index contributed by atoms with van der Waals surface area (Å²) in [6.45, 7) is 0.403. The van der Waals surface area contributed by atoms with Gasteiger partial charge in [0.05, 0.1) is 6.61 Å². The summed E-state index contributed by atoms with van der Waals surface area (Å²) in [5.74, 6) is -6.92. The smallest absolute Gasteiger partial charge is 0.404 e. The average Bonchev–Trinajstić information content (AvgIpc) is 2.09. The maximum Gasteiger partial charge on any atom is 0.404 e. The molecule has 2 nitrogen and oxygen atoms in total. The fourth-order valence-electron chi connectivity index (χ4n) is 1.03. The quantitative estimate of drug-likeness (QED) is 0.451. The summed E-state index contributed by atoms with van der Waals surface area (Å²) in [4.78, 5) is 10.8. The second kappa shape index (κ2) is 5.53. The van der Waals surface area contributed by atoms with Crippen LogP contribution in [0.25, 0.3) is 0 Å². The minimum absolute atomic E-state index is 0.641. The lowest BCUT2D eigenvalue weighted by atomic mass is 9.99. The first kappa shape index (κ1) is 16.6. The monoisotopic (exact) mass is 286 g/mol. The van der Waals surface area contributed by atoms with Crippen molar-refractivity contribution in [2.45, 2.75) is 19.3 Å². The van der Waals surface area contributed by atoms with Crippen LogP contribution >= 0.6 is 0 Å². The van der Waals surface area contributed by atoms with Crippen molar-refractivity contribution in [2.75, 3.05) is 6.61 Å². The summed E-state index contributed by atoms with van der Waals surface area (Å²) in [5, 5.41) is 0. The molecule has 0 bridgehead atoms. The van der Waals surface area contributed by atoms with E-state index in [1.54, 1.807) is 0 Å². The Labute approximate surface area is 95.2 Å². The van der Waals surface area contributed by atoms with Crippen LogP contribution in [0.4, 0.5) is 35.1 Å². The minimum atomic E-state index is -6.08. The molecule has 0 fully saturated rings. The lowest BCUT2D eigenvalue weighted by molar-refractivity contribution is -0.273. The first-order valence-corrected chi connectivity index (χ1v) is 4.28. The number of carbonyl (C=O) groups excluding carboxylic acids is 1. The van der Waals surface area contributed by atoms with Crippen molar-refractivity contribution in [1.29, 1.82) is 0 Å². The molecule has 0 aromatic heterocycles. The molecule has 18 heavy (non-hydrogen) atoms. The second-order valence-corrected chi connectivity index (χ2v) is 2.91. The zero-order valence-corrected chi connectivity index (χ0v) is 8.62. The summed E-state index contributed by atoms with van der Waals surface area (Å²) in [5.41, 5.74) is -2.74. The van der Waals surface area contributed by atoms with Crippen LogP contribution in [0.15, 0.2) is 11.7 Å². The molecule has 10 heteroatoms. The van der Waals surface area contributed by atoms with Gasteiger partial charge in [-0.15, -0.1) is 0 Å². The topological polar surface area (TPSA) is 26.3 Å². The van der Waals surface area contributed by atoms with Gasteiger partial charge in [0, 0.05) is 0 Å². The van der Waals surface area contributed by atoms with Crippen LogP contribution in [0.1, 0.15) is 6.92 Å². The van der Waals surface area contributed by atoms with Crippen LogP contribution in [-0.4, -0.2) is 24.9 Å². The Morgan fingerprint density at radius 3 is 1.67 bits per heavy atom. The molecule has 0 amide bonds. The largest absolute Gasteiger partial charge is 0.462 e. The number of halogens is 8. The third-order valence-electron chi connectivity index (χ3n) is 1.64. The molecule has 0 spiro atoms. The molecule has 0 atom stereocenters. The van der Waals surface area contributed by atoms with E-state index in [0.29, 0.717) is 0 Å². The van der Waals surface area contributed by atoms with Gasteiger partial charge in [-0.2, -0.15) is 35.1 Å². The number of alkyl halides is 6. The van der Waals surface area contributed by atoms with E-state index < -0.39 is 42.5 Å². The van der Waals surface area contributed by atoms with Crippen molar-refractivity contribution in [1.82, 2.24) is 0 Å². The molecule has 0 N–H and O–H groups in total. The van der Waals surface area contributed by atoms with Crippen LogP contribution in [0, 0.1) is 5.92 Å². The number of hydrogen-bond acceptors (Lipinski definition) is 2. The Balaban J connectivity index is 5.71. The number of hydrogen-bond donors (Lipinski definition) is 0. The molecular formula is C8H6F8O2. The van der Waals surface area contributed by atoms with E-state index in [2.05, 4.69) is 4.74 Å². The van der Waals surface area contributed by atoms with E-state index >= 15 is 0 Å². The Kier molecular flexibility index (Phi) is 5.11. The van der Waals surface area contributed by atoms with Gasteiger partial charge in [0.2, 0.25) is 0 Å².